The van der Waals surface area contributed by atoms with Gasteiger partial charge in [0.2, 0.25) is 0 Å². The molecule has 6 heteroatoms. The van der Waals surface area contributed by atoms with Crippen LogP contribution < -0.4 is 0 Å². The molecule has 0 aliphatic carbocycles. The van der Waals surface area contributed by atoms with E-state index < -0.39 is 6.10 Å². The molecule has 54 heavy (non-hydrogen) atoms. The van der Waals surface area contributed by atoms with E-state index in [-0.39, 0.29) is 31.1 Å². The number of ether oxygens (including phenoxy) is 3. The van der Waals surface area contributed by atoms with Crippen LogP contribution >= 0.6 is 0 Å². The molecule has 0 aliphatic rings. The Balaban J connectivity index is 4.41. The number of carbonyl (C=O) groups is 3. The summed E-state index contributed by atoms with van der Waals surface area (Å²) in [6.07, 6.45) is 50.7. The maximum atomic E-state index is 12.7. The lowest BCUT2D eigenvalue weighted by Gasteiger charge is -2.18. The van der Waals surface area contributed by atoms with Gasteiger partial charge in [0.15, 0.2) is 6.10 Å². The van der Waals surface area contributed by atoms with E-state index in [1.807, 2.05) is 0 Å². The average molecular weight is 755 g/mol. The maximum Gasteiger partial charge on any atom is 0.306 e. The van der Waals surface area contributed by atoms with Gasteiger partial charge in [-0.2, -0.15) is 0 Å². The van der Waals surface area contributed by atoms with Crippen LogP contribution in [0.4, 0.5) is 0 Å². The molecule has 0 aromatic carbocycles. The van der Waals surface area contributed by atoms with Gasteiger partial charge in [-0.1, -0.05) is 152 Å². The van der Waals surface area contributed by atoms with Crippen LogP contribution in [0.15, 0.2) is 60.8 Å². The van der Waals surface area contributed by atoms with E-state index in [0.29, 0.717) is 19.3 Å². The molecule has 1 atom stereocenters. The van der Waals surface area contributed by atoms with Gasteiger partial charge >= 0.3 is 17.9 Å². The fraction of sp³-hybridized carbons (Fsp3) is 0.729. The van der Waals surface area contributed by atoms with Gasteiger partial charge in [-0.3, -0.25) is 14.4 Å². The van der Waals surface area contributed by atoms with Crippen LogP contribution in [0.1, 0.15) is 207 Å². The van der Waals surface area contributed by atoms with Gasteiger partial charge in [0.1, 0.15) is 13.2 Å². The Labute approximate surface area is 332 Å². The van der Waals surface area contributed by atoms with Crippen molar-refractivity contribution in [3.05, 3.63) is 60.8 Å². The summed E-state index contributed by atoms with van der Waals surface area (Å²) in [5.74, 6) is -0.958. The Hall–Kier alpha value is -2.89. The van der Waals surface area contributed by atoms with Crippen molar-refractivity contribution in [1.82, 2.24) is 0 Å². The molecule has 0 saturated heterocycles. The van der Waals surface area contributed by atoms with Gasteiger partial charge in [-0.25, -0.2) is 0 Å². The summed E-state index contributed by atoms with van der Waals surface area (Å²) in [6, 6.07) is 0. The second kappa shape index (κ2) is 42.8. The topological polar surface area (TPSA) is 78.9 Å². The van der Waals surface area contributed by atoms with E-state index in [1.54, 1.807) is 0 Å². The minimum Gasteiger partial charge on any atom is -0.462 e. The third-order valence-electron chi connectivity index (χ3n) is 9.25. The minimum atomic E-state index is -0.792. The zero-order valence-electron chi connectivity index (χ0n) is 35.2. The molecule has 0 amide bonds. The van der Waals surface area contributed by atoms with Crippen molar-refractivity contribution >= 4 is 17.9 Å². The highest BCUT2D eigenvalue weighted by molar-refractivity contribution is 5.71. The van der Waals surface area contributed by atoms with Crippen molar-refractivity contribution < 1.29 is 28.6 Å². The van der Waals surface area contributed by atoms with Crippen molar-refractivity contribution in [2.75, 3.05) is 13.2 Å². The first-order chi connectivity index (χ1) is 26.5. The van der Waals surface area contributed by atoms with Crippen LogP contribution in [0, 0.1) is 0 Å². The summed E-state index contributed by atoms with van der Waals surface area (Å²) in [5.41, 5.74) is 0. The smallest absolute Gasteiger partial charge is 0.306 e. The normalized spacial score (nSPS) is 12.6. The number of hydrogen-bond acceptors (Lipinski definition) is 6. The lowest BCUT2D eigenvalue weighted by Crippen LogP contribution is -2.30. The van der Waals surface area contributed by atoms with Gasteiger partial charge in [-0.15, -0.1) is 0 Å². The number of allylic oxidation sites excluding steroid dienone is 10. The molecule has 0 spiro atoms. The lowest BCUT2D eigenvalue weighted by molar-refractivity contribution is -0.167. The summed E-state index contributed by atoms with van der Waals surface area (Å²) < 4.78 is 16.6. The first kappa shape index (κ1) is 51.1. The molecule has 0 heterocycles. The van der Waals surface area contributed by atoms with Gasteiger partial charge < -0.3 is 14.2 Å². The van der Waals surface area contributed by atoms with Crippen molar-refractivity contribution in [3.8, 4) is 0 Å². The predicted octanol–water partition coefficient (Wildman–Crippen LogP) is 14.1. The SMILES string of the molecule is CC/C=C\C/C=C\CCCCC(=O)OCC(COC(=O)CCCCCCCC/C=C\C=C/CCCCC)OC(=O)CCCCCCC/C=C\CCCCC. The van der Waals surface area contributed by atoms with Gasteiger partial charge in [0, 0.05) is 19.3 Å². The third-order valence-corrected chi connectivity index (χ3v) is 9.25. The van der Waals surface area contributed by atoms with E-state index >= 15 is 0 Å². The van der Waals surface area contributed by atoms with Crippen LogP contribution in [0.3, 0.4) is 0 Å². The highest BCUT2D eigenvalue weighted by Crippen LogP contribution is 2.13. The summed E-state index contributed by atoms with van der Waals surface area (Å²) in [4.78, 5) is 37.6. The molecule has 0 radical (unpaired) electrons. The fourth-order valence-electron chi connectivity index (χ4n) is 5.87. The molecule has 0 aromatic heterocycles. The van der Waals surface area contributed by atoms with Crippen molar-refractivity contribution in [1.29, 1.82) is 0 Å². The van der Waals surface area contributed by atoms with Crippen molar-refractivity contribution in [2.45, 2.75) is 213 Å². The van der Waals surface area contributed by atoms with Crippen molar-refractivity contribution in [2.24, 2.45) is 0 Å². The fourth-order valence-corrected chi connectivity index (χ4v) is 5.87. The Kier molecular flexibility index (Phi) is 40.6. The highest BCUT2D eigenvalue weighted by Gasteiger charge is 2.19. The number of esters is 3. The summed E-state index contributed by atoms with van der Waals surface area (Å²) >= 11 is 0. The number of unbranched alkanes of at least 4 members (excludes halogenated alkanes) is 19. The number of rotatable bonds is 39. The van der Waals surface area contributed by atoms with Crippen LogP contribution in [-0.4, -0.2) is 37.2 Å². The minimum absolute atomic E-state index is 0.0947. The summed E-state index contributed by atoms with van der Waals surface area (Å²) in [7, 11) is 0. The quantitative estimate of drug-likeness (QED) is 0.0204. The van der Waals surface area contributed by atoms with Crippen LogP contribution in [0.25, 0.3) is 0 Å². The van der Waals surface area contributed by atoms with E-state index in [0.717, 1.165) is 89.9 Å². The average Bonchev–Trinajstić information content (AvgIpc) is 3.17. The summed E-state index contributed by atoms with van der Waals surface area (Å²) in [6.45, 7) is 6.39. The van der Waals surface area contributed by atoms with E-state index in [4.69, 9.17) is 14.2 Å². The van der Waals surface area contributed by atoms with Gasteiger partial charge in [0.25, 0.3) is 0 Å². The molecular weight excluding hydrogens is 673 g/mol. The molecule has 0 aliphatic heterocycles. The predicted molar refractivity (Wildman–Crippen MR) is 228 cm³/mol. The van der Waals surface area contributed by atoms with Gasteiger partial charge in [0.05, 0.1) is 0 Å². The Morgan fingerprint density at radius 3 is 1.28 bits per heavy atom. The molecule has 0 aromatic rings. The molecular formula is C48H82O6. The van der Waals surface area contributed by atoms with Crippen LogP contribution in [-0.2, 0) is 28.6 Å². The van der Waals surface area contributed by atoms with Crippen LogP contribution in [0.5, 0.6) is 0 Å². The van der Waals surface area contributed by atoms with Crippen molar-refractivity contribution in [3.63, 3.8) is 0 Å². The Morgan fingerprint density at radius 1 is 0.407 bits per heavy atom. The van der Waals surface area contributed by atoms with E-state index in [1.165, 1.54) is 77.0 Å². The molecule has 310 valence electrons. The molecule has 0 fully saturated rings. The monoisotopic (exact) mass is 755 g/mol. The van der Waals surface area contributed by atoms with Gasteiger partial charge in [-0.05, 0) is 96.3 Å². The Bertz CT molecular complexity index is 1010. The third kappa shape index (κ3) is 40.3. The molecule has 1 unspecified atom stereocenters. The largest absolute Gasteiger partial charge is 0.462 e. The molecule has 6 nitrogen and oxygen atoms in total. The first-order valence-corrected chi connectivity index (χ1v) is 22.3. The maximum absolute atomic E-state index is 12.7. The first-order valence-electron chi connectivity index (χ1n) is 22.3. The second-order valence-corrected chi connectivity index (χ2v) is 14.6. The number of carbonyl (C=O) groups excluding carboxylic acids is 3. The molecule has 0 saturated carbocycles. The zero-order chi connectivity index (χ0) is 39.4. The number of hydrogen-bond donors (Lipinski definition) is 0. The second-order valence-electron chi connectivity index (χ2n) is 14.6. The summed E-state index contributed by atoms with van der Waals surface area (Å²) in [5, 5.41) is 0. The molecule has 0 rings (SSSR count). The Morgan fingerprint density at radius 2 is 0.778 bits per heavy atom. The lowest BCUT2D eigenvalue weighted by atomic mass is 10.1. The zero-order valence-corrected chi connectivity index (χ0v) is 35.2. The van der Waals surface area contributed by atoms with E-state index in [2.05, 4.69) is 81.5 Å². The highest BCUT2D eigenvalue weighted by atomic mass is 16.6. The molecule has 0 bridgehead atoms. The van der Waals surface area contributed by atoms with E-state index in [9.17, 15) is 14.4 Å². The van der Waals surface area contributed by atoms with Crippen LogP contribution in [0.2, 0.25) is 0 Å². The standard InChI is InChI=1S/C48H82O6/c1-4-7-10-13-16-19-21-23-24-25-27-29-32-35-38-41-47(50)53-44-45(43-52-46(49)40-37-34-31-28-18-15-12-9-6-3)54-48(51)42-39-36-33-30-26-22-20-17-14-11-8-5-2/h9,12,16-21,23,28,45H,4-8,10-11,13-15,22,24-27,29-44H2,1-3H3/b12-9-,19-16-,20-17-,23-21-,28-18-. The molecule has 0 N–H and O–H groups in total.